The van der Waals surface area contributed by atoms with E-state index >= 15 is 0 Å². The third-order valence-corrected chi connectivity index (χ3v) is 6.26. The molecule has 3 heterocycles. The number of nitrogens with one attached hydrogen (secondary N) is 3. The molecule has 0 bridgehead atoms. The maximum Gasteiger partial charge on any atom is 0.409 e. The molecule has 210 valence electrons. The number of pyridine rings is 1. The molecule has 1 saturated heterocycles. The van der Waals surface area contributed by atoms with Crippen LogP contribution in [0.15, 0.2) is 61.3 Å². The Kier molecular flexibility index (Phi) is 8.80. The highest BCUT2D eigenvalue weighted by Crippen LogP contribution is 2.25. The average molecular weight is 547 g/mol. The third kappa shape index (κ3) is 7.03. The Morgan fingerprint density at radius 3 is 2.45 bits per heavy atom. The van der Waals surface area contributed by atoms with Gasteiger partial charge in [0.1, 0.15) is 22.8 Å². The predicted octanol–water partition coefficient (Wildman–Crippen LogP) is 3.39. The van der Waals surface area contributed by atoms with Crippen LogP contribution in [0.25, 0.3) is 0 Å². The molecule has 40 heavy (non-hydrogen) atoms. The Morgan fingerprint density at radius 1 is 1.07 bits per heavy atom. The van der Waals surface area contributed by atoms with Crippen molar-refractivity contribution in [2.45, 2.75) is 19.4 Å². The number of anilines is 5. The van der Waals surface area contributed by atoms with Gasteiger partial charge in [-0.2, -0.15) is 4.98 Å². The lowest BCUT2D eigenvalue weighted by Gasteiger charge is -2.35. The van der Waals surface area contributed by atoms with E-state index in [1.807, 2.05) is 24.3 Å². The van der Waals surface area contributed by atoms with Gasteiger partial charge < -0.3 is 35.6 Å². The van der Waals surface area contributed by atoms with E-state index in [2.05, 4.69) is 42.4 Å². The molecule has 12 heteroatoms. The Hall–Kier alpha value is -4.71. The zero-order chi connectivity index (χ0) is 28.7. The van der Waals surface area contributed by atoms with Crippen LogP contribution in [0, 0.1) is 0 Å². The normalized spacial score (nSPS) is 13.4. The SMILES string of the molecule is C=CCNC(=O)c1cnc(Nc2ccc(N3CCN(C(=O)OC)CC3)cc2)nc1Nc1cccc(C(C)(C)O)n1. The molecule has 4 rings (SSSR count). The fourth-order valence-corrected chi connectivity index (χ4v) is 4.09. The monoisotopic (exact) mass is 546 g/mol. The second-order valence-electron chi connectivity index (χ2n) is 9.66. The lowest BCUT2D eigenvalue weighted by Crippen LogP contribution is -2.48. The Labute approximate surface area is 233 Å². The molecule has 12 nitrogen and oxygen atoms in total. The van der Waals surface area contributed by atoms with Crippen molar-refractivity contribution >= 4 is 41.0 Å². The van der Waals surface area contributed by atoms with Gasteiger partial charge in [-0.3, -0.25) is 4.79 Å². The zero-order valence-electron chi connectivity index (χ0n) is 22.8. The number of piperazine rings is 1. The maximum absolute atomic E-state index is 12.8. The summed E-state index contributed by atoms with van der Waals surface area (Å²) in [4.78, 5) is 41.8. The van der Waals surface area contributed by atoms with E-state index < -0.39 is 5.60 Å². The van der Waals surface area contributed by atoms with Crippen LogP contribution < -0.4 is 20.9 Å². The molecule has 2 aromatic heterocycles. The van der Waals surface area contributed by atoms with E-state index in [4.69, 9.17) is 4.74 Å². The number of hydrogen-bond donors (Lipinski definition) is 4. The van der Waals surface area contributed by atoms with Crippen LogP contribution in [0.3, 0.4) is 0 Å². The van der Waals surface area contributed by atoms with E-state index in [1.165, 1.54) is 13.3 Å². The summed E-state index contributed by atoms with van der Waals surface area (Å²) in [6, 6.07) is 13.0. The lowest BCUT2D eigenvalue weighted by molar-refractivity contribution is 0.0740. The minimum absolute atomic E-state index is 0.226. The number of carbonyl (C=O) groups is 2. The molecule has 1 aliphatic heterocycles. The highest BCUT2D eigenvalue weighted by molar-refractivity contribution is 5.99. The van der Waals surface area contributed by atoms with Crippen molar-refractivity contribution in [1.29, 1.82) is 0 Å². The molecular formula is C28H34N8O4. The summed E-state index contributed by atoms with van der Waals surface area (Å²) in [6.45, 7) is 9.81. The summed E-state index contributed by atoms with van der Waals surface area (Å²) in [5, 5.41) is 19.4. The quantitative estimate of drug-likeness (QED) is 0.295. The zero-order valence-corrected chi connectivity index (χ0v) is 22.8. The van der Waals surface area contributed by atoms with E-state index in [1.54, 1.807) is 43.0 Å². The topological polar surface area (TPSA) is 145 Å². The molecule has 0 unspecified atom stereocenters. The molecule has 1 aromatic carbocycles. The Morgan fingerprint density at radius 2 is 1.80 bits per heavy atom. The van der Waals surface area contributed by atoms with Crippen molar-refractivity contribution in [3.05, 3.63) is 72.6 Å². The van der Waals surface area contributed by atoms with Gasteiger partial charge in [-0.05, 0) is 50.2 Å². The number of carbonyl (C=O) groups excluding carboxylic acids is 2. The third-order valence-electron chi connectivity index (χ3n) is 6.26. The number of aliphatic hydroxyl groups is 1. The number of ether oxygens (including phenoxy) is 1. The van der Waals surface area contributed by atoms with Gasteiger partial charge in [0, 0.05) is 50.3 Å². The van der Waals surface area contributed by atoms with Crippen LogP contribution in [0.4, 0.5) is 33.8 Å². The highest BCUT2D eigenvalue weighted by Gasteiger charge is 2.22. The van der Waals surface area contributed by atoms with Gasteiger partial charge in [0.15, 0.2) is 0 Å². The molecular weight excluding hydrogens is 512 g/mol. The van der Waals surface area contributed by atoms with Gasteiger partial charge in [-0.25, -0.2) is 14.8 Å². The smallest absolute Gasteiger partial charge is 0.409 e. The number of nitrogens with zero attached hydrogens (tertiary/aromatic N) is 5. The number of rotatable bonds is 9. The summed E-state index contributed by atoms with van der Waals surface area (Å²) in [6.07, 6.45) is 2.71. The molecule has 0 radical (unpaired) electrons. The van der Waals surface area contributed by atoms with Crippen molar-refractivity contribution in [2.75, 3.05) is 55.4 Å². The predicted molar refractivity (Wildman–Crippen MR) is 153 cm³/mol. The van der Waals surface area contributed by atoms with E-state index in [-0.39, 0.29) is 35.9 Å². The summed E-state index contributed by atoms with van der Waals surface area (Å²) in [5.74, 6) is 0.573. The molecule has 1 fully saturated rings. The molecule has 2 amide bonds. The molecule has 0 aliphatic carbocycles. The van der Waals surface area contributed by atoms with Crippen LogP contribution in [0.2, 0.25) is 0 Å². The first-order valence-corrected chi connectivity index (χ1v) is 12.9. The molecule has 0 spiro atoms. The summed E-state index contributed by atoms with van der Waals surface area (Å²) in [7, 11) is 1.39. The number of benzene rings is 1. The summed E-state index contributed by atoms with van der Waals surface area (Å²) < 4.78 is 4.81. The van der Waals surface area contributed by atoms with E-state index in [0.29, 0.717) is 37.7 Å². The van der Waals surface area contributed by atoms with Crippen LogP contribution in [-0.2, 0) is 10.3 Å². The largest absolute Gasteiger partial charge is 0.453 e. The minimum atomic E-state index is -1.14. The summed E-state index contributed by atoms with van der Waals surface area (Å²) >= 11 is 0. The van der Waals surface area contributed by atoms with Gasteiger partial charge in [0.25, 0.3) is 5.91 Å². The molecule has 0 atom stereocenters. The van der Waals surface area contributed by atoms with Gasteiger partial charge in [0.05, 0.1) is 12.8 Å². The van der Waals surface area contributed by atoms with Gasteiger partial charge in [0.2, 0.25) is 5.95 Å². The van der Waals surface area contributed by atoms with Crippen molar-refractivity contribution in [3.63, 3.8) is 0 Å². The molecule has 3 aromatic rings. The Bertz CT molecular complexity index is 1350. The fourth-order valence-electron chi connectivity index (χ4n) is 4.09. The first-order valence-electron chi connectivity index (χ1n) is 12.9. The number of aromatic nitrogens is 3. The molecule has 0 saturated carbocycles. The lowest BCUT2D eigenvalue weighted by atomic mass is 10.1. The first-order chi connectivity index (χ1) is 19.2. The summed E-state index contributed by atoms with van der Waals surface area (Å²) in [5.41, 5.74) is 1.35. The van der Waals surface area contributed by atoms with Crippen LogP contribution in [0.5, 0.6) is 0 Å². The van der Waals surface area contributed by atoms with Gasteiger partial charge in [-0.1, -0.05) is 12.1 Å². The number of methoxy groups -OCH3 is 1. The molecule has 1 aliphatic rings. The van der Waals surface area contributed by atoms with Gasteiger partial charge >= 0.3 is 6.09 Å². The fraction of sp³-hybridized carbons (Fsp3) is 0.321. The number of amides is 2. The Balaban J connectivity index is 1.51. The second-order valence-corrected chi connectivity index (χ2v) is 9.66. The van der Waals surface area contributed by atoms with Crippen molar-refractivity contribution in [1.82, 2.24) is 25.2 Å². The maximum atomic E-state index is 12.8. The van der Waals surface area contributed by atoms with Crippen LogP contribution in [-0.4, -0.2) is 76.8 Å². The second kappa shape index (κ2) is 12.4. The van der Waals surface area contributed by atoms with E-state index in [9.17, 15) is 14.7 Å². The number of hydrogen-bond acceptors (Lipinski definition) is 10. The van der Waals surface area contributed by atoms with Crippen molar-refractivity contribution in [3.8, 4) is 0 Å². The van der Waals surface area contributed by atoms with Gasteiger partial charge in [-0.15, -0.1) is 6.58 Å². The first kappa shape index (κ1) is 28.3. The van der Waals surface area contributed by atoms with Crippen LogP contribution >= 0.6 is 0 Å². The average Bonchev–Trinajstić information content (AvgIpc) is 2.96. The van der Waals surface area contributed by atoms with E-state index in [0.717, 1.165) is 11.4 Å². The minimum Gasteiger partial charge on any atom is -0.453 e. The highest BCUT2D eigenvalue weighted by atomic mass is 16.5. The van der Waals surface area contributed by atoms with Crippen LogP contribution in [0.1, 0.15) is 29.9 Å². The molecule has 4 N–H and O–H groups in total. The van der Waals surface area contributed by atoms with Crippen molar-refractivity contribution in [2.24, 2.45) is 0 Å². The van der Waals surface area contributed by atoms with Crippen molar-refractivity contribution < 1.29 is 19.4 Å². The standard InChI is InChI=1S/C28H34N8O4/c1-5-13-29-25(37)21-18-30-26(34-24(21)33-23-8-6-7-22(32-23)28(2,3)39)31-19-9-11-20(12-10-19)35-14-16-36(17-15-35)27(38)40-4/h5-12,18,39H,1,13-17H2,2-4H3,(H,29,37)(H2,30,31,32,33,34).